The van der Waals surface area contributed by atoms with Gasteiger partial charge in [0.1, 0.15) is 4.90 Å². The maximum atomic E-state index is 11.8. The highest BCUT2D eigenvalue weighted by molar-refractivity contribution is 7.96. The van der Waals surface area contributed by atoms with Gasteiger partial charge < -0.3 is 11.5 Å². The van der Waals surface area contributed by atoms with Crippen molar-refractivity contribution in [3.63, 3.8) is 0 Å². The third kappa shape index (κ3) is 1.06. The fraction of sp³-hybridized carbons (Fsp3) is 0.111. The Labute approximate surface area is 82.1 Å². The van der Waals surface area contributed by atoms with Crippen molar-refractivity contribution in [2.45, 2.75) is 4.90 Å². The van der Waals surface area contributed by atoms with Crippen molar-refractivity contribution < 1.29 is 8.42 Å². The van der Waals surface area contributed by atoms with Gasteiger partial charge in [-0.1, -0.05) is 12.1 Å². The van der Waals surface area contributed by atoms with Crippen molar-refractivity contribution in [3.8, 4) is 0 Å². The molecule has 0 aliphatic carbocycles. The van der Waals surface area contributed by atoms with Gasteiger partial charge in [-0.05, 0) is 17.7 Å². The van der Waals surface area contributed by atoms with Crippen LogP contribution < -0.4 is 11.5 Å². The van der Waals surface area contributed by atoms with E-state index in [9.17, 15) is 8.42 Å². The molecular formula is C9H10N2O2S. The third-order valence-electron chi connectivity index (χ3n) is 2.21. The smallest absolute Gasteiger partial charge is 0.206 e. The Hall–Kier alpha value is -1.33. The summed E-state index contributed by atoms with van der Waals surface area (Å²) >= 11 is 0. The molecule has 0 unspecified atom stereocenters. The van der Waals surface area contributed by atoms with Gasteiger partial charge in [0, 0.05) is 6.54 Å². The van der Waals surface area contributed by atoms with E-state index in [0.717, 1.165) is 0 Å². The SMILES string of the molecule is NCC1=Cc2cccc(N)c2S1(=O)=O. The van der Waals surface area contributed by atoms with Gasteiger partial charge in [0.2, 0.25) is 9.84 Å². The molecule has 1 aromatic carbocycles. The second-order valence-electron chi connectivity index (χ2n) is 3.08. The highest BCUT2D eigenvalue weighted by Gasteiger charge is 2.30. The zero-order chi connectivity index (χ0) is 10.3. The van der Waals surface area contributed by atoms with Gasteiger partial charge >= 0.3 is 0 Å². The fourth-order valence-corrected chi connectivity index (χ4v) is 3.13. The van der Waals surface area contributed by atoms with Crippen molar-refractivity contribution in [2.24, 2.45) is 5.73 Å². The van der Waals surface area contributed by atoms with Crippen LogP contribution in [-0.4, -0.2) is 15.0 Å². The summed E-state index contributed by atoms with van der Waals surface area (Å²) in [4.78, 5) is 0.422. The molecule has 74 valence electrons. The summed E-state index contributed by atoms with van der Waals surface area (Å²) in [5.74, 6) is 0. The van der Waals surface area contributed by atoms with Gasteiger partial charge in [-0.3, -0.25) is 0 Å². The maximum Gasteiger partial charge on any atom is 0.206 e. The molecule has 0 saturated heterocycles. The summed E-state index contributed by atoms with van der Waals surface area (Å²) in [7, 11) is -3.42. The molecule has 2 rings (SSSR count). The van der Waals surface area contributed by atoms with E-state index in [-0.39, 0.29) is 22.0 Å². The molecule has 0 aromatic heterocycles. The van der Waals surface area contributed by atoms with Crippen molar-refractivity contribution in [2.75, 3.05) is 12.3 Å². The lowest BCUT2D eigenvalue weighted by Crippen LogP contribution is -2.11. The fourth-order valence-electron chi connectivity index (χ4n) is 1.55. The van der Waals surface area contributed by atoms with Crippen molar-refractivity contribution in [3.05, 3.63) is 28.7 Å². The predicted molar refractivity (Wildman–Crippen MR) is 55.1 cm³/mol. The monoisotopic (exact) mass is 210 g/mol. The lowest BCUT2D eigenvalue weighted by atomic mass is 10.2. The standard InChI is InChI=1S/C9H10N2O2S/c10-5-7-4-6-2-1-3-8(11)9(6)14(7,12)13/h1-4H,5,10-11H2. The van der Waals surface area contributed by atoms with Crippen LogP contribution in [0.2, 0.25) is 0 Å². The molecule has 1 heterocycles. The summed E-state index contributed by atoms with van der Waals surface area (Å²) < 4.78 is 23.6. The zero-order valence-corrected chi connectivity index (χ0v) is 8.21. The number of nitrogen functional groups attached to an aromatic ring is 1. The maximum absolute atomic E-state index is 11.8. The molecule has 0 spiro atoms. The molecular weight excluding hydrogens is 200 g/mol. The van der Waals surface area contributed by atoms with Crippen LogP contribution in [0.5, 0.6) is 0 Å². The quantitative estimate of drug-likeness (QED) is 0.655. The van der Waals surface area contributed by atoms with Gasteiger partial charge in [0.25, 0.3) is 0 Å². The van der Waals surface area contributed by atoms with E-state index in [0.29, 0.717) is 5.56 Å². The first-order chi connectivity index (χ1) is 6.57. The van der Waals surface area contributed by atoms with Crippen LogP contribution in [0.1, 0.15) is 5.56 Å². The molecule has 4 nitrogen and oxygen atoms in total. The first-order valence-corrected chi connectivity index (χ1v) is 5.60. The minimum absolute atomic E-state index is 0.0104. The van der Waals surface area contributed by atoms with E-state index in [2.05, 4.69) is 0 Å². The molecule has 0 fully saturated rings. The topological polar surface area (TPSA) is 86.2 Å². The van der Waals surface area contributed by atoms with Crippen LogP contribution >= 0.6 is 0 Å². The van der Waals surface area contributed by atoms with Crippen LogP contribution in [0.4, 0.5) is 5.69 Å². The minimum atomic E-state index is -3.42. The number of nitrogens with two attached hydrogens (primary N) is 2. The normalized spacial score (nSPS) is 17.6. The van der Waals surface area contributed by atoms with Crippen LogP contribution in [0.15, 0.2) is 28.0 Å². The van der Waals surface area contributed by atoms with Gasteiger partial charge in [-0.25, -0.2) is 8.42 Å². The highest BCUT2D eigenvalue weighted by atomic mass is 32.2. The first kappa shape index (κ1) is 9.23. The second kappa shape index (κ2) is 2.83. The Bertz CT molecular complexity index is 518. The lowest BCUT2D eigenvalue weighted by molar-refractivity contribution is 0.603. The molecule has 0 saturated carbocycles. The number of hydrogen-bond acceptors (Lipinski definition) is 4. The van der Waals surface area contributed by atoms with E-state index < -0.39 is 9.84 Å². The number of anilines is 1. The molecule has 1 aliphatic heterocycles. The molecule has 0 radical (unpaired) electrons. The van der Waals surface area contributed by atoms with Gasteiger partial charge in [0.05, 0.1) is 10.6 Å². The summed E-state index contributed by atoms with van der Waals surface area (Å²) in [6.45, 7) is 0.0104. The van der Waals surface area contributed by atoms with Crippen LogP contribution in [0, 0.1) is 0 Å². The largest absolute Gasteiger partial charge is 0.398 e. The van der Waals surface area contributed by atoms with Crippen molar-refractivity contribution in [1.82, 2.24) is 0 Å². The molecule has 14 heavy (non-hydrogen) atoms. The van der Waals surface area contributed by atoms with E-state index in [1.807, 2.05) is 0 Å². The van der Waals surface area contributed by atoms with Crippen LogP contribution in [-0.2, 0) is 9.84 Å². The average Bonchev–Trinajstić information content (AvgIpc) is 2.38. The van der Waals surface area contributed by atoms with Gasteiger partial charge in [-0.15, -0.1) is 0 Å². The van der Waals surface area contributed by atoms with Crippen LogP contribution in [0.25, 0.3) is 6.08 Å². The van der Waals surface area contributed by atoms with Crippen molar-refractivity contribution >= 4 is 21.6 Å². The van der Waals surface area contributed by atoms with Gasteiger partial charge in [0.15, 0.2) is 0 Å². The minimum Gasteiger partial charge on any atom is -0.398 e. The van der Waals surface area contributed by atoms with E-state index in [1.165, 1.54) is 0 Å². The van der Waals surface area contributed by atoms with Crippen LogP contribution in [0.3, 0.4) is 0 Å². The third-order valence-corrected chi connectivity index (χ3v) is 4.19. The highest BCUT2D eigenvalue weighted by Crippen LogP contribution is 2.35. The Morgan fingerprint density at radius 1 is 1.29 bits per heavy atom. The average molecular weight is 210 g/mol. The number of benzene rings is 1. The lowest BCUT2D eigenvalue weighted by Gasteiger charge is -2.03. The number of rotatable bonds is 1. The molecule has 5 heteroatoms. The summed E-state index contributed by atoms with van der Waals surface area (Å²) in [6, 6.07) is 5.01. The Kier molecular flexibility index (Phi) is 1.87. The number of fused-ring (bicyclic) bond motifs is 1. The molecule has 1 aromatic rings. The Morgan fingerprint density at radius 3 is 2.57 bits per heavy atom. The second-order valence-corrected chi connectivity index (χ2v) is 5.02. The molecule has 1 aliphatic rings. The summed E-state index contributed by atoms with van der Waals surface area (Å²) in [5.41, 5.74) is 11.9. The Balaban J connectivity index is 2.78. The van der Waals surface area contributed by atoms with E-state index in [1.54, 1.807) is 24.3 Å². The molecule has 0 amide bonds. The zero-order valence-electron chi connectivity index (χ0n) is 7.40. The molecule has 0 bridgehead atoms. The summed E-state index contributed by atoms with van der Waals surface area (Å²) in [5, 5.41) is 0. The molecule has 4 N–H and O–H groups in total. The van der Waals surface area contributed by atoms with E-state index in [4.69, 9.17) is 11.5 Å². The number of hydrogen-bond donors (Lipinski definition) is 2. The van der Waals surface area contributed by atoms with Gasteiger partial charge in [-0.2, -0.15) is 0 Å². The van der Waals surface area contributed by atoms with E-state index >= 15 is 0 Å². The predicted octanol–water partition coefficient (Wildman–Crippen LogP) is 0.356. The number of sulfone groups is 1. The van der Waals surface area contributed by atoms with Crippen molar-refractivity contribution in [1.29, 1.82) is 0 Å². The summed E-state index contributed by atoms with van der Waals surface area (Å²) in [6.07, 6.45) is 1.57. The Morgan fingerprint density at radius 2 is 2.00 bits per heavy atom. The first-order valence-electron chi connectivity index (χ1n) is 4.11. The molecule has 0 atom stereocenters.